The molecule has 176 valence electrons. The summed E-state index contributed by atoms with van der Waals surface area (Å²) in [5.41, 5.74) is 1.66. The number of carbonyl (C=O) groups is 2. The van der Waals surface area contributed by atoms with E-state index in [0.717, 1.165) is 6.42 Å². The van der Waals surface area contributed by atoms with Crippen LogP contribution in [-0.2, 0) is 4.74 Å². The minimum atomic E-state index is -0.566. The Labute approximate surface area is 198 Å². The van der Waals surface area contributed by atoms with Gasteiger partial charge in [0.15, 0.2) is 11.6 Å². The molecule has 1 fully saturated rings. The van der Waals surface area contributed by atoms with E-state index in [4.69, 9.17) is 9.47 Å². The number of benzene rings is 1. The van der Waals surface area contributed by atoms with Crippen molar-refractivity contribution >= 4 is 44.4 Å². The average Bonchev–Trinajstić information content (AvgIpc) is 3.57. The summed E-state index contributed by atoms with van der Waals surface area (Å²) in [6.45, 7) is 2.93. The maximum Gasteiger partial charge on any atom is 0.325 e. The van der Waals surface area contributed by atoms with Crippen molar-refractivity contribution in [1.29, 1.82) is 0 Å². The number of aryl methyl sites for hydroxylation is 1. The van der Waals surface area contributed by atoms with E-state index in [0.29, 0.717) is 45.1 Å². The number of thiophene rings is 1. The normalized spacial score (nSPS) is 15.9. The van der Waals surface area contributed by atoms with E-state index in [1.54, 1.807) is 49.4 Å². The van der Waals surface area contributed by atoms with Gasteiger partial charge in [0.1, 0.15) is 5.75 Å². The number of rotatable bonds is 4. The number of nitrogens with one attached hydrogen (secondary N) is 1. The molecule has 0 radical (unpaired) electrons. The Morgan fingerprint density at radius 2 is 2.06 bits per heavy atom. The summed E-state index contributed by atoms with van der Waals surface area (Å²) < 4.78 is 28.8. The molecule has 3 aromatic heterocycles. The van der Waals surface area contributed by atoms with E-state index < -0.39 is 5.82 Å². The third-order valence-electron chi connectivity index (χ3n) is 6.06. The molecule has 34 heavy (non-hydrogen) atoms. The number of likely N-dealkylation sites (tertiary alicyclic amines) is 1. The lowest BCUT2D eigenvalue weighted by Crippen LogP contribution is -2.29. The van der Waals surface area contributed by atoms with Crippen LogP contribution in [0.5, 0.6) is 11.5 Å². The number of pyridine rings is 1. The number of methoxy groups -OCH3 is 1. The van der Waals surface area contributed by atoms with Crippen LogP contribution in [0.1, 0.15) is 21.8 Å². The van der Waals surface area contributed by atoms with Crippen molar-refractivity contribution in [3.63, 3.8) is 0 Å². The molecule has 0 saturated carbocycles. The summed E-state index contributed by atoms with van der Waals surface area (Å²) in [4.78, 5) is 31.8. The van der Waals surface area contributed by atoms with Gasteiger partial charge in [-0.05, 0) is 37.6 Å². The summed E-state index contributed by atoms with van der Waals surface area (Å²) >= 11 is 1.27. The lowest BCUT2D eigenvalue weighted by Gasteiger charge is -2.14. The highest BCUT2D eigenvalue weighted by Crippen LogP contribution is 2.38. The van der Waals surface area contributed by atoms with Crippen LogP contribution in [0.25, 0.3) is 21.1 Å². The van der Waals surface area contributed by atoms with E-state index >= 15 is 4.39 Å². The predicted octanol–water partition coefficient (Wildman–Crippen LogP) is 4.54. The molecule has 1 aromatic carbocycles. The number of aromatic nitrogens is 2. The molecule has 2 amide bonds. The van der Waals surface area contributed by atoms with Crippen LogP contribution in [0.2, 0.25) is 0 Å². The van der Waals surface area contributed by atoms with E-state index in [-0.39, 0.29) is 29.2 Å². The van der Waals surface area contributed by atoms with Crippen LogP contribution in [0.15, 0.2) is 36.5 Å². The predicted molar refractivity (Wildman–Crippen MR) is 127 cm³/mol. The van der Waals surface area contributed by atoms with Gasteiger partial charge in [0.2, 0.25) is 0 Å². The molecule has 0 spiro atoms. The van der Waals surface area contributed by atoms with Gasteiger partial charge in [0, 0.05) is 50.6 Å². The Morgan fingerprint density at radius 1 is 1.24 bits per heavy atom. The quantitative estimate of drug-likeness (QED) is 0.462. The SMILES string of the molecule is CNC(=O)n1c(C)cc2c(F)c(Oc3ccnc4cc(C(=O)N5CCC(OC)C5)sc34)ccc21. The minimum absolute atomic E-state index is 0.0258. The lowest BCUT2D eigenvalue weighted by molar-refractivity contribution is 0.0728. The smallest absolute Gasteiger partial charge is 0.325 e. The Kier molecular flexibility index (Phi) is 5.70. The Balaban J connectivity index is 1.48. The Morgan fingerprint density at radius 3 is 2.79 bits per heavy atom. The molecule has 1 atom stereocenters. The fourth-order valence-corrected chi connectivity index (χ4v) is 5.33. The summed E-state index contributed by atoms with van der Waals surface area (Å²) in [5.74, 6) is -0.209. The molecule has 5 rings (SSSR count). The topological polar surface area (TPSA) is 85.7 Å². The summed E-state index contributed by atoms with van der Waals surface area (Å²) in [6, 6.07) is 7.80. The van der Waals surface area contributed by atoms with Crippen molar-refractivity contribution in [2.24, 2.45) is 0 Å². The fraction of sp³-hybridized carbons (Fsp3) is 0.292. The zero-order valence-corrected chi connectivity index (χ0v) is 19.7. The third kappa shape index (κ3) is 3.68. The number of carbonyl (C=O) groups excluding carboxylic acids is 2. The molecule has 4 heterocycles. The van der Waals surface area contributed by atoms with Gasteiger partial charge in [-0.15, -0.1) is 11.3 Å². The number of fused-ring (bicyclic) bond motifs is 2. The average molecular weight is 483 g/mol. The van der Waals surface area contributed by atoms with Crippen LogP contribution in [0.3, 0.4) is 0 Å². The Hall–Kier alpha value is -3.50. The molecule has 1 unspecified atom stereocenters. The third-order valence-corrected chi connectivity index (χ3v) is 7.18. The number of nitrogens with zero attached hydrogens (tertiary/aromatic N) is 3. The van der Waals surface area contributed by atoms with Crippen LogP contribution in [-0.4, -0.2) is 59.7 Å². The van der Waals surface area contributed by atoms with Crippen LogP contribution in [0, 0.1) is 12.7 Å². The van der Waals surface area contributed by atoms with Gasteiger partial charge < -0.3 is 19.7 Å². The number of ether oxygens (including phenoxy) is 2. The van der Waals surface area contributed by atoms with Gasteiger partial charge in [-0.3, -0.25) is 14.3 Å². The van der Waals surface area contributed by atoms with Gasteiger partial charge in [0.05, 0.1) is 26.7 Å². The standard InChI is InChI=1S/C24H23FN4O4S/c1-13-10-15-17(29(13)24(31)26-2)4-5-18(21(15)25)33-19-6-8-27-16-11-20(34-22(16)19)23(30)28-9-7-14(12-28)32-3/h4-6,8,10-11,14H,7,9,12H2,1-3H3,(H,26,31). The number of hydrogen-bond acceptors (Lipinski definition) is 6. The molecule has 10 heteroatoms. The molecule has 0 bridgehead atoms. The van der Waals surface area contributed by atoms with Crippen molar-refractivity contribution in [1.82, 2.24) is 19.8 Å². The second kappa shape index (κ2) is 8.69. The van der Waals surface area contributed by atoms with Crippen molar-refractivity contribution in [3.8, 4) is 11.5 Å². The maximum atomic E-state index is 15.4. The minimum Gasteiger partial charge on any atom is -0.453 e. The molecular formula is C24H23FN4O4S. The highest BCUT2D eigenvalue weighted by atomic mass is 32.1. The van der Waals surface area contributed by atoms with Gasteiger partial charge in [-0.25, -0.2) is 9.18 Å². The molecule has 4 aromatic rings. The largest absolute Gasteiger partial charge is 0.453 e. The number of amides is 2. The van der Waals surface area contributed by atoms with Crippen molar-refractivity contribution < 1.29 is 23.5 Å². The van der Waals surface area contributed by atoms with Gasteiger partial charge in [-0.1, -0.05) is 0 Å². The highest BCUT2D eigenvalue weighted by molar-refractivity contribution is 7.21. The van der Waals surface area contributed by atoms with Crippen LogP contribution >= 0.6 is 11.3 Å². The zero-order chi connectivity index (χ0) is 24.0. The number of hydrogen-bond donors (Lipinski definition) is 1. The van der Waals surface area contributed by atoms with Crippen molar-refractivity contribution in [2.75, 3.05) is 27.2 Å². The maximum absolute atomic E-state index is 15.4. The van der Waals surface area contributed by atoms with Gasteiger partial charge in [0.25, 0.3) is 5.91 Å². The first-order valence-electron chi connectivity index (χ1n) is 10.8. The summed E-state index contributed by atoms with van der Waals surface area (Å²) in [7, 11) is 3.17. The van der Waals surface area contributed by atoms with Gasteiger partial charge in [-0.2, -0.15) is 0 Å². The first-order valence-corrected chi connectivity index (χ1v) is 11.6. The van der Waals surface area contributed by atoms with Crippen molar-refractivity contribution in [3.05, 3.63) is 52.9 Å². The van der Waals surface area contributed by atoms with E-state index in [1.807, 2.05) is 0 Å². The van der Waals surface area contributed by atoms with Gasteiger partial charge >= 0.3 is 6.03 Å². The molecule has 8 nitrogen and oxygen atoms in total. The fourth-order valence-electron chi connectivity index (χ4n) is 4.30. The molecule has 1 aliphatic heterocycles. The zero-order valence-electron chi connectivity index (χ0n) is 18.9. The monoisotopic (exact) mass is 482 g/mol. The van der Waals surface area contributed by atoms with E-state index in [9.17, 15) is 9.59 Å². The molecular weight excluding hydrogens is 459 g/mol. The number of halogens is 1. The lowest BCUT2D eigenvalue weighted by atomic mass is 10.2. The van der Waals surface area contributed by atoms with Crippen LogP contribution in [0.4, 0.5) is 9.18 Å². The molecule has 1 saturated heterocycles. The molecule has 1 aliphatic rings. The highest BCUT2D eigenvalue weighted by Gasteiger charge is 2.28. The second-order valence-electron chi connectivity index (χ2n) is 8.12. The van der Waals surface area contributed by atoms with Crippen LogP contribution < -0.4 is 10.1 Å². The van der Waals surface area contributed by atoms with Crippen molar-refractivity contribution in [2.45, 2.75) is 19.4 Å². The molecule has 1 N–H and O–H groups in total. The Bertz CT molecular complexity index is 1430. The van der Waals surface area contributed by atoms with E-state index in [1.165, 1.54) is 29.0 Å². The van der Waals surface area contributed by atoms with E-state index in [2.05, 4.69) is 10.3 Å². The summed E-state index contributed by atoms with van der Waals surface area (Å²) in [6.07, 6.45) is 2.43. The first-order chi connectivity index (χ1) is 16.4. The summed E-state index contributed by atoms with van der Waals surface area (Å²) in [5, 5.41) is 2.84. The molecule has 0 aliphatic carbocycles. The first kappa shape index (κ1) is 22.3. The second-order valence-corrected chi connectivity index (χ2v) is 9.17.